The molecule has 2 aromatic heterocycles. The van der Waals surface area contributed by atoms with Gasteiger partial charge in [-0.3, -0.25) is 9.36 Å². The van der Waals surface area contributed by atoms with Gasteiger partial charge < -0.3 is 0 Å². The lowest BCUT2D eigenvalue weighted by Gasteiger charge is -2.15. The molecule has 168 valence electrons. The van der Waals surface area contributed by atoms with Crippen molar-refractivity contribution < 1.29 is 26.3 Å². The quantitative estimate of drug-likeness (QED) is 0.472. The van der Waals surface area contributed by atoms with E-state index in [1.807, 2.05) is 0 Å². The third-order valence-electron chi connectivity index (χ3n) is 5.14. The Hall–Kier alpha value is -2.50. The summed E-state index contributed by atoms with van der Waals surface area (Å²) in [5.74, 6) is 2.52. The van der Waals surface area contributed by atoms with Gasteiger partial charge in [-0.25, -0.2) is 9.67 Å². The van der Waals surface area contributed by atoms with E-state index < -0.39 is 35.4 Å². The van der Waals surface area contributed by atoms with Crippen LogP contribution in [0.2, 0.25) is 5.15 Å². The van der Waals surface area contributed by atoms with Gasteiger partial charge in [-0.2, -0.15) is 36.4 Å². The number of hydrogen-bond donors (Lipinski definition) is 0. The van der Waals surface area contributed by atoms with Crippen LogP contribution in [0, 0.1) is 11.8 Å². The summed E-state index contributed by atoms with van der Waals surface area (Å²) >= 11 is 6.15. The average molecular weight is 494 g/mol. The lowest BCUT2D eigenvalue weighted by Crippen LogP contribution is -2.28. The highest BCUT2D eigenvalue weighted by Gasteiger charge is 2.51. The Morgan fingerprint density at radius 1 is 1.25 bits per heavy atom. The van der Waals surface area contributed by atoms with Crippen molar-refractivity contribution in [2.45, 2.75) is 35.7 Å². The van der Waals surface area contributed by atoms with Gasteiger partial charge in [0.25, 0.3) is 5.56 Å². The van der Waals surface area contributed by atoms with Crippen molar-refractivity contribution in [2.24, 2.45) is 16.8 Å². The zero-order valence-corrected chi connectivity index (χ0v) is 17.1. The number of fused-ring (bicyclic) bond motifs is 1. The first-order valence-electron chi connectivity index (χ1n) is 9.14. The highest BCUT2D eigenvalue weighted by atomic mass is 35.5. The molecule has 0 aromatic carbocycles. The van der Waals surface area contributed by atoms with E-state index in [0.29, 0.717) is 24.2 Å². The molecule has 0 saturated heterocycles. The van der Waals surface area contributed by atoms with E-state index in [0.717, 1.165) is 21.0 Å². The van der Waals surface area contributed by atoms with Crippen LogP contribution in [0.1, 0.15) is 17.8 Å². The molecule has 14 heteroatoms. The number of hydrogen-bond acceptors (Lipinski definition) is 5. The molecule has 6 nitrogen and oxygen atoms in total. The van der Waals surface area contributed by atoms with Crippen LogP contribution in [-0.2, 0) is 12.7 Å². The molecular weight excluding hydrogens is 484 g/mol. The number of rotatable bonds is 4. The van der Waals surface area contributed by atoms with Crippen LogP contribution in [0.15, 0.2) is 38.8 Å². The Morgan fingerprint density at radius 3 is 2.56 bits per heavy atom. The van der Waals surface area contributed by atoms with Gasteiger partial charge >= 0.3 is 12.4 Å². The lowest BCUT2D eigenvalue weighted by molar-refractivity contribution is -0.141. The fourth-order valence-electron chi connectivity index (χ4n) is 3.51. The van der Waals surface area contributed by atoms with Crippen molar-refractivity contribution in [2.75, 3.05) is 0 Å². The van der Waals surface area contributed by atoms with Crippen molar-refractivity contribution >= 4 is 34.9 Å². The van der Waals surface area contributed by atoms with E-state index >= 15 is 0 Å². The summed E-state index contributed by atoms with van der Waals surface area (Å²) in [4.78, 5) is 20.6. The van der Waals surface area contributed by atoms with E-state index in [1.165, 1.54) is 6.08 Å². The molecule has 0 spiro atoms. The van der Waals surface area contributed by atoms with Crippen molar-refractivity contribution in [3.8, 4) is 0 Å². The van der Waals surface area contributed by atoms with Gasteiger partial charge in [0.15, 0.2) is 10.9 Å². The molecule has 1 fully saturated rings. The van der Waals surface area contributed by atoms with Gasteiger partial charge in [-0.15, -0.1) is 0 Å². The van der Waals surface area contributed by atoms with Crippen LogP contribution in [0.3, 0.4) is 0 Å². The molecule has 2 aromatic rings. The fourth-order valence-corrected chi connectivity index (χ4v) is 4.83. The van der Waals surface area contributed by atoms with Crippen LogP contribution in [0.4, 0.5) is 26.3 Å². The largest absolute Gasteiger partial charge is 0.435 e. The molecule has 0 amide bonds. The molecule has 0 bridgehead atoms. The highest BCUT2D eigenvalue weighted by Crippen LogP contribution is 2.51. The van der Waals surface area contributed by atoms with E-state index in [4.69, 9.17) is 11.6 Å². The highest BCUT2D eigenvalue weighted by molar-refractivity contribution is 8.00. The summed E-state index contributed by atoms with van der Waals surface area (Å²) in [6.07, 6.45) is -7.31. The molecule has 3 unspecified atom stereocenters. The Morgan fingerprint density at radius 2 is 1.97 bits per heavy atom. The van der Waals surface area contributed by atoms with Gasteiger partial charge in [-0.1, -0.05) is 29.4 Å². The summed E-state index contributed by atoms with van der Waals surface area (Å²) in [5, 5.41) is 0.811. The molecule has 2 aliphatic heterocycles. The number of thioether (sulfide) groups is 1. The third kappa shape index (κ3) is 3.89. The Labute approximate surface area is 184 Å². The molecule has 3 atom stereocenters. The van der Waals surface area contributed by atoms with E-state index in [9.17, 15) is 31.1 Å². The first kappa shape index (κ1) is 21.4. The first-order valence-corrected chi connectivity index (χ1v) is 10.4. The molecule has 32 heavy (non-hydrogen) atoms. The van der Waals surface area contributed by atoms with Crippen LogP contribution < -0.4 is 5.56 Å². The van der Waals surface area contributed by atoms with Crippen molar-refractivity contribution in [3.63, 3.8) is 0 Å². The number of alkyl halides is 6. The second-order valence-corrected chi connectivity index (χ2v) is 8.92. The number of nitrogens with zero attached hydrogens (tertiary/aromatic N) is 5. The normalized spacial score (nSPS) is 25.3. The van der Waals surface area contributed by atoms with Crippen molar-refractivity contribution in [1.29, 1.82) is 0 Å². The summed E-state index contributed by atoms with van der Waals surface area (Å²) in [5.41, 5.74) is -1.54. The predicted octanol–water partition coefficient (Wildman–Crippen LogP) is 4.24. The number of allylic oxidation sites excluding steroid dienone is 2. The monoisotopic (exact) mass is 493 g/mol. The molecule has 1 aliphatic carbocycles. The summed E-state index contributed by atoms with van der Waals surface area (Å²) in [7, 11) is 0. The van der Waals surface area contributed by atoms with Crippen LogP contribution in [0.25, 0.3) is 5.70 Å². The number of halogens is 7. The average Bonchev–Trinajstić information content (AvgIpc) is 3.55. The van der Waals surface area contributed by atoms with Gasteiger partial charge in [0.2, 0.25) is 0 Å². The van der Waals surface area contributed by atoms with Crippen molar-refractivity contribution in [3.05, 3.63) is 50.8 Å². The van der Waals surface area contributed by atoms with Gasteiger partial charge in [0, 0.05) is 29.6 Å². The predicted molar refractivity (Wildman–Crippen MR) is 102 cm³/mol. The molecule has 0 radical (unpaired) electrons. The molecule has 4 heterocycles. The lowest BCUT2D eigenvalue weighted by atomic mass is 10.2. The summed E-state index contributed by atoms with van der Waals surface area (Å²) in [6.45, 7) is -0.412. The van der Waals surface area contributed by atoms with Crippen LogP contribution in [-0.4, -0.2) is 36.6 Å². The minimum atomic E-state index is -4.72. The Kier molecular flexibility index (Phi) is 4.67. The Balaban J connectivity index is 1.48. The van der Waals surface area contributed by atoms with Gasteiger partial charge in [-0.05, 0) is 12.3 Å². The van der Waals surface area contributed by atoms with Crippen molar-refractivity contribution in [1.82, 2.24) is 19.3 Å². The van der Waals surface area contributed by atoms with E-state index in [2.05, 4.69) is 20.9 Å². The Bertz CT molecular complexity index is 1290. The first-order chi connectivity index (χ1) is 14.9. The minimum Gasteiger partial charge on any atom is -0.269 e. The zero-order chi connectivity index (χ0) is 23.0. The summed E-state index contributed by atoms with van der Waals surface area (Å²) in [6, 6.07) is 1.58. The van der Waals surface area contributed by atoms with Crippen LogP contribution in [0.5, 0.6) is 0 Å². The maximum atomic E-state index is 13.7. The minimum absolute atomic E-state index is 0.0122. The smallest absolute Gasteiger partial charge is 0.269 e. The molecular formula is C18H10ClF6N5OS. The standard InChI is InChI=1S/C18H10ClF6N5OS/c19-13-4-12(17(20,21)22)28-29(13)6-8-3-14(31)30-11(2-7-1-9(7)10-5-26-10)15(18(23,24)25)32-16(30)27-8/h2-4,7,9,15H,1,6H2. The number of aliphatic imine (C=N–C) groups is 1. The fraction of sp³-hybridized carbons (Fsp3) is 0.389. The summed E-state index contributed by atoms with van der Waals surface area (Å²) < 4.78 is 81.2. The maximum absolute atomic E-state index is 13.7. The van der Waals surface area contributed by atoms with E-state index in [1.54, 1.807) is 0 Å². The molecule has 3 aliphatic rings. The molecule has 0 N–H and O–H groups in total. The SMILES string of the molecule is O=c1cc(Cn2nc(C(F)(F)F)cc2Cl)nc2n1C(=CC1CC1C1=C=N1)C(C(F)(F)F)S2. The molecule has 5 rings (SSSR count). The molecule has 1 saturated carbocycles. The second-order valence-electron chi connectivity index (χ2n) is 7.46. The van der Waals surface area contributed by atoms with E-state index in [-0.39, 0.29) is 33.5 Å². The maximum Gasteiger partial charge on any atom is 0.435 e. The van der Waals surface area contributed by atoms with Gasteiger partial charge in [0.1, 0.15) is 16.1 Å². The topological polar surface area (TPSA) is 65.1 Å². The second kappa shape index (κ2) is 7.00. The number of aromatic nitrogens is 4. The van der Waals surface area contributed by atoms with Gasteiger partial charge in [0.05, 0.1) is 12.2 Å². The zero-order valence-electron chi connectivity index (χ0n) is 15.6. The third-order valence-corrected chi connectivity index (χ3v) is 6.67. The van der Waals surface area contributed by atoms with Crippen LogP contribution >= 0.6 is 23.4 Å².